The molecule has 3 heterocycles. The Morgan fingerprint density at radius 2 is 2.03 bits per heavy atom. The van der Waals surface area contributed by atoms with Crippen LogP contribution in [0.15, 0.2) is 48.7 Å². The summed E-state index contributed by atoms with van der Waals surface area (Å²) in [7, 11) is 0. The van der Waals surface area contributed by atoms with Crippen LogP contribution in [0.1, 0.15) is 52.1 Å². The molecule has 30 heavy (non-hydrogen) atoms. The molecule has 1 atom stereocenters. The van der Waals surface area contributed by atoms with Gasteiger partial charge in [-0.2, -0.15) is 5.10 Å². The molecule has 0 radical (unpaired) electrons. The van der Waals surface area contributed by atoms with Crippen molar-refractivity contribution in [3.63, 3.8) is 0 Å². The molecular weight excluding hydrogens is 400 g/mol. The zero-order valence-electron chi connectivity index (χ0n) is 16.1. The third-order valence-corrected chi connectivity index (χ3v) is 6.31. The van der Waals surface area contributed by atoms with Gasteiger partial charge in [0.1, 0.15) is 5.52 Å². The number of H-pyrrole nitrogens is 1. The molecule has 1 N–H and O–H groups in total. The van der Waals surface area contributed by atoms with Crippen LogP contribution in [0, 0.1) is 0 Å². The summed E-state index contributed by atoms with van der Waals surface area (Å²) in [6, 6.07) is 14.1. The second-order valence-corrected chi connectivity index (χ2v) is 8.45. The lowest BCUT2D eigenvalue weighted by molar-refractivity contribution is 0.0708. The van der Waals surface area contributed by atoms with Crippen molar-refractivity contribution in [3.8, 4) is 0 Å². The maximum Gasteiger partial charge on any atom is 0.255 e. The maximum absolute atomic E-state index is 13.3. The molecule has 1 amide bonds. The van der Waals surface area contributed by atoms with Gasteiger partial charge in [-0.25, -0.2) is 0 Å². The first kappa shape index (κ1) is 17.7. The van der Waals surface area contributed by atoms with E-state index in [0.29, 0.717) is 24.0 Å². The molecule has 1 unspecified atom stereocenters. The molecule has 1 aliphatic carbocycles. The number of nitrogens with zero attached hydrogens (tertiary/aromatic N) is 5. The zero-order chi connectivity index (χ0) is 20.2. The van der Waals surface area contributed by atoms with E-state index in [9.17, 15) is 4.79 Å². The molecule has 2 aromatic heterocycles. The molecular formula is C22H19ClN6O. The molecule has 1 aliphatic heterocycles. The average molecular weight is 419 g/mol. The number of aromatic amines is 1. The number of nitrogens with one attached hydrogen (secondary N) is 1. The Morgan fingerprint density at radius 3 is 2.90 bits per heavy atom. The molecule has 0 saturated heterocycles. The predicted octanol–water partition coefficient (Wildman–Crippen LogP) is 4.08. The van der Waals surface area contributed by atoms with Crippen molar-refractivity contribution in [2.75, 3.05) is 0 Å². The van der Waals surface area contributed by atoms with E-state index >= 15 is 0 Å². The monoisotopic (exact) mass is 418 g/mol. The van der Waals surface area contributed by atoms with Crippen LogP contribution in [0.5, 0.6) is 0 Å². The highest BCUT2D eigenvalue weighted by Crippen LogP contribution is 2.39. The van der Waals surface area contributed by atoms with Crippen molar-refractivity contribution in [2.24, 2.45) is 0 Å². The van der Waals surface area contributed by atoms with E-state index in [2.05, 4.69) is 15.4 Å². The van der Waals surface area contributed by atoms with Crippen LogP contribution in [0.25, 0.3) is 11.0 Å². The van der Waals surface area contributed by atoms with Crippen molar-refractivity contribution in [1.29, 1.82) is 0 Å². The lowest BCUT2D eigenvalue weighted by Crippen LogP contribution is -2.29. The molecule has 8 heteroatoms. The van der Waals surface area contributed by atoms with Gasteiger partial charge in [0.2, 0.25) is 0 Å². The number of rotatable bonds is 5. The summed E-state index contributed by atoms with van der Waals surface area (Å²) in [5.74, 6) is 0.0357. The molecule has 6 rings (SSSR count). The van der Waals surface area contributed by atoms with Crippen LogP contribution < -0.4 is 0 Å². The first-order valence-corrected chi connectivity index (χ1v) is 10.5. The number of hydrogen-bond acceptors (Lipinski definition) is 4. The Bertz CT molecular complexity index is 1270. The van der Waals surface area contributed by atoms with Crippen LogP contribution in [0.4, 0.5) is 0 Å². The normalized spacial score (nSPS) is 18.4. The van der Waals surface area contributed by atoms with Crippen LogP contribution in [-0.2, 0) is 13.0 Å². The summed E-state index contributed by atoms with van der Waals surface area (Å²) in [6.07, 6.45) is 4.81. The van der Waals surface area contributed by atoms with E-state index in [4.69, 9.17) is 16.7 Å². The Balaban J connectivity index is 1.35. The van der Waals surface area contributed by atoms with E-state index < -0.39 is 0 Å². The Labute approximate surface area is 177 Å². The van der Waals surface area contributed by atoms with E-state index in [0.717, 1.165) is 46.3 Å². The number of benzene rings is 2. The smallest absolute Gasteiger partial charge is 0.255 e. The third-order valence-electron chi connectivity index (χ3n) is 6.00. The van der Waals surface area contributed by atoms with Gasteiger partial charge in [0.15, 0.2) is 0 Å². The minimum Gasteiger partial charge on any atom is -0.327 e. The Hall–Kier alpha value is -3.19. The number of carbonyl (C=O) groups excluding carboxylic acids is 1. The van der Waals surface area contributed by atoms with Gasteiger partial charge in [-0.15, -0.1) is 5.10 Å². The highest BCUT2D eigenvalue weighted by atomic mass is 35.5. The van der Waals surface area contributed by atoms with Gasteiger partial charge in [0, 0.05) is 24.7 Å². The molecule has 150 valence electrons. The maximum atomic E-state index is 13.3. The van der Waals surface area contributed by atoms with Crippen LogP contribution in [0.2, 0.25) is 5.02 Å². The Kier molecular flexibility index (Phi) is 3.92. The van der Waals surface area contributed by atoms with E-state index in [1.807, 2.05) is 58.2 Å². The number of hydrogen-bond donors (Lipinski definition) is 1. The topological polar surface area (TPSA) is 79.7 Å². The number of carbonyl (C=O) groups is 1. The van der Waals surface area contributed by atoms with Crippen LogP contribution in [-0.4, -0.2) is 36.0 Å². The van der Waals surface area contributed by atoms with Crippen molar-refractivity contribution in [2.45, 2.75) is 37.9 Å². The van der Waals surface area contributed by atoms with Crippen LogP contribution in [0.3, 0.4) is 0 Å². The Morgan fingerprint density at radius 1 is 1.17 bits per heavy atom. The zero-order valence-corrected chi connectivity index (χ0v) is 16.9. The summed E-state index contributed by atoms with van der Waals surface area (Å²) in [5.41, 5.74) is 5.31. The lowest BCUT2D eigenvalue weighted by atomic mass is 10.0. The lowest BCUT2D eigenvalue weighted by Gasteiger charge is -2.25. The second-order valence-electron chi connectivity index (χ2n) is 8.04. The largest absolute Gasteiger partial charge is 0.327 e. The highest BCUT2D eigenvalue weighted by molar-refractivity contribution is 6.31. The number of amides is 1. The van der Waals surface area contributed by atoms with Gasteiger partial charge in [-0.3, -0.25) is 14.6 Å². The number of halogens is 1. The fraction of sp³-hybridized carbons (Fsp3) is 0.273. The molecule has 2 aromatic carbocycles. The standard InChI is InChI=1S/C22H19ClN6O/c23-17-12-29(14-6-7-14)26-19(17)10-21-15-3-1-2-4-16(15)22(30)28(21)11-13-5-8-18-20(9-13)25-27-24-18/h1-5,8-9,12,14,21H,6-7,10-11H2,(H,24,25,27). The van der Waals surface area contributed by atoms with Crippen molar-refractivity contribution < 1.29 is 4.79 Å². The highest BCUT2D eigenvalue weighted by Gasteiger charge is 2.37. The fourth-order valence-corrected chi connectivity index (χ4v) is 4.50. The fourth-order valence-electron chi connectivity index (χ4n) is 4.29. The van der Waals surface area contributed by atoms with Crippen LogP contribution >= 0.6 is 11.6 Å². The van der Waals surface area contributed by atoms with Crippen molar-refractivity contribution in [3.05, 3.63) is 76.1 Å². The van der Waals surface area contributed by atoms with Crippen molar-refractivity contribution >= 4 is 28.5 Å². The van der Waals surface area contributed by atoms with E-state index in [1.54, 1.807) is 0 Å². The average Bonchev–Trinajstić information content (AvgIpc) is 3.31. The first-order valence-electron chi connectivity index (χ1n) is 10.1. The molecule has 0 bridgehead atoms. The summed E-state index contributed by atoms with van der Waals surface area (Å²) in [6.45, 7) is 0.488. The minimum absolute atomic E-state index is 0.0357. The SMILES string of the molecule is O=C1c2ccccc2C(Cc2nn(C3CC3)cc2Cl)N1Cc1ccc2[nH]nnc2c1. The quantitative estimate of drug-likeness (QED) is 0.529. The molecule has 7 nitrogen and oxygen atoms in total. The molecule has 0 spiro atoms. The molecule has 2 aliphatic rings. The predicted molar refractivity (Wildman–Crippen MR) is 112 cm³/mol. The third kappa shape index (κ3) is 2.89. The van der Waals surface area contributed by atoms with E-state index in [1.165, 1.54) is 0 Å². The van der Waals surface area contributed by atoms with Gasteiger partial charge in [0.05, 0.1) is 28.3 Å². The summed E-state index contributed by atoms with van der Waals surface area (Å²) in [4.78, 5) is 15.2. The molecule has 1 saturated carbocycles. The van der Waals surface area contributed by atoms with Gasteiger partial charge in [-0.05, 0) is 42.2 Å². The summed E-state index contributed by atoms with van der Waals surface area (Å²) >= 11 is 6.51. The van der Waals surface area contributed by atoms with Gasteiger partial charge >= 0.3 is 0 Å². The van der Waals surface area contributed by atoms with Gasteiger partial charge in [-0.1, -0.05) is 41.1 Å². The summed E-state index contributed by atoms with van der Waals surface area (Å²) in [5, 5.41) is 16.2. The second kappa shape index (κ2) is 6.67. The molecule has 1 fully saturated rings. The summed E-state index contributed by atoms with van der Waals surface area (Å²) < 4.78 is 1.98. The molecule has 4 aromatic rings. The van der Waals surface area contributed by atoms with Crippen molar-refractivity contribution in [1.82, 2.24) is 30.1 Å². The van der Waals surface area contributed by atoms with Gasteiger partial charge < -0.3 is 4.90 Å². The first-order chi connectivity index (χ1) is 14.7. The minimum atomic E-state index is -0.109. The number of aromatic nitrogens is 5. The van der Waals surface area contributed by atoms with Gasteiger partial charge in [0.25, 0.3) is 5.91 Å². The number of fused-ring (bicyclic) bond motifs is 2. The van der Waals surface area contributed by atoms with E-state index in [-0.39, 0.29) is 11.9 Å².